The van der Waals surface area contributed by atoms with Crippen molar-refractivity contribution in [1.82, 2.24) is 10.2 Å². The summed E-state index contributed by atoms with van der Waals surface area (Å²) < 4.78 is 4.75. The summed E-state index contributed by atoms with van der Waals surface area (Å²) in [6.07, 6.45) is 2.34. The predicted molar refractivity (Wildman–Crippen MR) is 55.1 cm³/mol. The predicted octanol–water partition coefficient (Wildman–Crippen LogP) is 0.232. The molecule has 0 bridgehead atoms. The Morgan fingerprint density at radius 1 is 1.71 bits per heavy atom. The van der Waals surface area contributed by atoms with E-state index in [0.29, 0.717) is 6.04 Å². The normalized spacial score (nSPS) is 24.9. The van der Waals surface area contributed by atoms with E-state index in [1.165, 1.54) is 20.0 Å². The number of likely N-dealkylation sites (tertiary alicyclic amines) is 1. The molecule has 0 aromatic carbocycles. The third kappa shape index (κ3) is 2.45. The molecule has 2 atom stereocenters. The summed E-state index contributed by atoms with van der Waals surface area (Å²) in [5.74, 6) is -0.131. The Bertz CT molecular complexity index is 197. The molecule has 0 saturated carbocycles. The smallest absolute Gasteiger partial charge is 0.322 e. The molecule has 1 saturated heterocycles. The van der Waals surface area contributed by atoms with Gasteiger partial charge in [-0.05, 0) is 33.4 Å². The van der Waals surface area contributed by atoms with Gasteiger partial charge in [-0.3, -0.25) is 9.69 Å². The van der Waals surface area contributed by atoms with Crippen molar-refractivity contribution in [3.8, 4) is 0 Å². The van der Waals surface area contributed by atoms with Crippen molar-refractivity contribution >= 4 is 5.97 Å². The van der Waals surface area contributed by atoms with E-state index in [-0.39, 0.29) is 12.0 Å². The summed E-state index contributed by atoms with van der Waals surface area (Å²) >= 11 is 0. The maximum Gasteiger partial charge on any atom is 0.322 e. The van der Waals surface area contributed by atoms with Crippen molar-refractivity contribution < 1.29 is 9.53 Å². The minimum atomic E-state index is -0.131. The number of hydrogen-bond acceptors (Lipinski definition) is 4. The lowest BCUT2D eigenvalue weighted by atomic mass is 10.2. The second-order valence-corrected chi connectivity index (χ2v) is 3.79. The number of hydrogen-bond donors (Lipinski definition) is 1. The molecule has 1 aliphatic rings. The van der Waals surface area contributed by atoms with Crippen LogP contribution in [0.4, 0.5) is 0 Å². The molecule has 4 heteroatoms. The van der Waals surface area contributed by atoms with Gasteiger partial charge in [0.1, 0.15) is 6.04 Å². The molecule has 2 unspecified atom stereocenters. The molecular weight excluding hydrogens is 180 g/mol. The molecule has 0 spiro atoms. The number of carbonyl (C=O) groups is 1. The van der Waals surface area contributed by atoms with Crippen LogP contribution in [-0.4, -0.2) is 50.2 Å². The molecule has 1 aliphatic heterocycles. The first-order valence-electron chi connectivity index (χ1n) is 5.19. The molecular formula is C10H20N2O2. The number of likely N-dealkylation sites (N-methyl/N-ethyl adjacent to an activating group) is 1. The molecule has 0 amide bonds. The largest absolute Gasteiger partial charge is 0.468 e. The van der Waals surface area contributed by atoms with Crippen LogP contribution in [0.3, 0.4) is 0 Å². The van der Waals surface area contributed by atoms with Crippen LogP contribution in [0.15, 0.2) is 0 Å². The molecule has 0 aromatic heterocycles. The number of nitrogens with zero attached hydrogens (tertiary/aromatic N) is 1. The minimum Gasteiger partial charge on any atom is -0.468 e. The van der Waals surface area contributed by atoms with E-state index in [2.05, 4.69) is 10.2 Å². The van der Waals surface area contributed by atoms with Crippen molar-refractivity contribution in [2.45, 2.75) is 31.8 Å². The van der Waals surface area contributed by atoms with Gasteiger partial charge >= 0.3 is 5.97 Å². The van der Waals surface area contributed by atoms with Crippen LogP contribution in [0.2, 0.25) is 0 Å². The molecule has 1 fully saturated rings. The van der Waals surface area contributed by atoms with Crippen LogP contribution in [0.25, 0.3) is 0 Å². The van der Waals surface area contributed by atoms with Gasteiger partial charge in [0.15, 0.2) is 0 Å². The lowest BCUT2D eigenvalue weighted by Gasteiger charge is -2.28. The second kappa shape index (κ2) is 5.32. The Kier molecular flexibility index (Phi) is 4.35. The van der Waals surface area contributed by atoms with Gasteiger partial charge < -0.3 is 10.1 Å². The van der Waals surface area contributed by atoms with E-state index < -0.39 is 0 Å². The van der Waals surface area contributed by atoms with E-state index in [1.54, 1.807) is 0 Å². The van der Waals surface area contributed by atoms with Crippen LogP contribution in [0, 0.1) is 0 Å². The van der Waals surface area contributed by atoms with Crippen LogP contribution >= 0.6 is 0 Å². The van der Waals surface area contributed by atoms with Crippen molar-refractivity contribution in [2.75, 3.05) is 27.2 Å². The number of ether oxygens (including phenoxy) is 1. The van der Waals surface area contributed by atoms with Crippen LogP contribution in [0.5, 0.6) is 0 Å². The first kappa shape index (κ1) is 11.5. The average molecular weight is 200 g/mol. The van der Waals surface area contributed by atoms with Crippen LogP contribution in [-0.2, 0) is 9.53 Å². The Hall–Kier alpha value is -0.610. The van der Waals surface area contributed by atoms with Gasteiger partial charge in [0.2, 0.25) is 0 Å². The fourth-order valence-electron chi connectivity index (χ4n) is 2.13. The summed E-state index contributed by atoms with van der Waals surface area (Å²) in [4.78, 5) is 13.6. The molecule has 4 nitrogen and oxygen atoms in total. The highest BCUT2D eigenvalue weighted by atomic mass is 16.5. The lowest BCUT2D eigenvalue weighted by molar-refractivity contribution is -0.146. The summed E-state index contributed by atoms with van der Waals surface area (Å²) in [5, 5.41) is 3.16. The van der Waals surface area contributed by atoms with Gasteiger partial charge in [0.25, 0.3) is 0 Å². The number of carbonyl (C=O) groups excluding carboxylic acids is 1. The SMILES string of the molecule is CNCC1CCCN1C(C)C(=O)OC. The number of methoxy groups -OCH3 is 1. The van der Waals surface area contributed by atoms with Crippen molar-refractivity contribution in [2.24, 2.45) is 0 Å². The van der Waals surface area contributed by atoms with Crippen LogP contribution in [0.1, 0.15) is 19.8 Å². The van der Waals surface area contributed by atoms with Crippen LogP contribution < -0.4 is 5.32 Å². The van der Waals surface area contributed by atoms with Crippen molar-refractivity contribution in [3.05, 3.63) is 0 Å². The first-order chi connectivity index (χ1) is 6.70. The Morgan fingerprint density at radius 3 is 3.00 bits per heavy atom. The second-order valence-electron chi connectivity index (χ2n) is 3.79. The summed E-state index contributed by atoms with van der Waals surface area (Å²) in [5.41, 5.74) is 0. The Labute approximate surface area is 85.6 Å². The number of rotatable bonds is 4. The highest BCUT2D eigenvalue weighted by Crippen LogP contribution is 2.19. The fraction of sp³-hybridized carbons (Fsp3) is 0.900. The molecule has 14 heavy (non-hydrogen) atoms. The number of esters is 1. The monoisotopic (exact) mass is 200 g/mol. The van der Waals surface area contributed by atoms with E-state index in [0.717, 1.165) is 13.1 Å². The van der Waals surface area contributed by atoms with Crippen molar-refractivity contribution in [1.29, 1.82) is 0 Å². The third-order valence-corrected chi connectivity index (χ3v) is 2.90. The highest BCUT2D eigenvalue weighted by molar-refractivity contribution is 5.75. The summed E-state index contributed by atoms with van der Waals surface area (Å²) in [7, 11) is 3.39. The van der Waals surface area contributed by atoms with E-state index in [9.17, 15) is 4.79 Å². The van der Waals surface area contributed by atoms with E-state index in [4.69, 9.17) is 4.74 Å². The molecule has 1 rings (SSSR count). The molecule has 1 N–H and O–H groups in total. The minimum absolute atomic E-state index is 0.110. The Morgan fingerprint density at radius 2 is 2.43 bits per heavy atom. The van der Waals surface area contributed by atoms with Crippen molar-refractivity contribution in [3.63, 3.8) is 0 Å². The zero-order valence-electron chi connectivity index (χ0n) is 9.25. The molecule has 0 aromatic rings. The molecule has 1 heterocycles. The fourth-order valence-corrected chi connectivity index (χ4v) is 2.13. The maximum absolute atomic E-state index is 11.4. The van der Waals surface area contributed by atoms with E-state index >= 15 is 0 Å². The van der Waals surface area contributed by atoms with Gasteiger partial charge in [0.05, 0.1) is 7.11 Å². The summed E-state index contributed by atoms with van der Waals surface area (Å²) in [6.45, 7) is 3.86. The highest BCUT2D eigenvalue weighted by Gasteiger charge is 2.31. The molecule has 0 aliphatic carbocycles. The maximum atomic E-state index is 11.4. The topological polar surface area (TPSA) is 41.6 Å². The zero-order valence-corrected chi connectivity index (χ0v) is 9.25. The quantitative estimate of drug-likeness (QED) is 0.660. The van der Waals surface area contributed by atoms with Gasteiger partial charge in [-0.2, -0.15) is 0 Å². The Balaban J connectivity index is 2.52. The number of nitrogens with one attached hydrogen (secondary N) is 1. The van der Waals surface area contributed by atoms with Gasteiger partial charge in [0, 0.05) is 12.6 Å². The van der Waals surface area contributed by atoms with Gasteiger partial charge in [-0.15, -0.1) is 0 Å². The lowest BCUT2D eigenvalue weighted by Crippen LogP contribution is -2.46. The zero-order chi connectivity index (χ0) is 10.6. The molecule has 0 radical (unpaired) electrons. The first-order valence-corrected chi connectivity index (χ1v) is 5.19. The standard InChI is InChI=1S/C10H20N2O2/c1-8(10(13)14-3)12-6-4-5-9(12)7-11-2/h8-9,11H,4-7H2,1-3H3. The third-order valence-electron chi connectivity index (χ3n) is 2.90. The van der Waals surface area contributed by atoms with Gasteiger partial charge in [-0.25, -0.2) is 0 Å². The average Bonchev–Trinajstić information content (AvgIpc) is 2.64. The molecule has 82 valence electrons. The summed E-state index contributed by atoms with van der Waals surface area (Å²) in [6, 6.07) is 0.370. The van der Waals surface area contributed by atoms with E-state index in [1.807, 2.05) is 14.0 Å². The van der Waals surface area contributed by atoms with Gasteiger partial charge in [-0.1, -0.05) is 0 Å².